The molecule has 96 valence electrons. The van der Waals surface area contributed by atoms with Crippen LogP contribution in [-0.2, 0) is 6.54 Å². The van der Waals surface area contributed by atoms with Gasteiger partial charge in [0.25, 0.3) is 0 Å². The first kappa shape index (κ1) is 13.1. The molecule has 0 saturated heterocycles. The summed E-state index contributed by atoms with van der Waals surface area (Å²) in [5.41, 5.74) is 1.04. The van der Waals surface area contributed by atoms with Gasteiger partial charge in [-0.2, -0.15) is 5.10 Å². The Balaban J connectivity index is 2.12. The van der Waals surface area contributed by atoms with Crippen molar-refractivity contribution in [2.24, 2.45) is 5.92 Å². The van der Waals surface area contributed by atoms with Gasteiger partial charge in [0, 0.05) is 25.1 Å². The molecule has 18 heavy (non-hydrogen) atoms. The summed E-state index contributed by atoms with van der Waals surface area (Å²) in [5.74, 6) is 1.40. The zero-order valence-electron chi connectivity index (χ0n) is 10.6. The van der Waals surface area contributed by atoms with E-state index in [1.165, 1.54) is 0 Å². The van der Waals surface area contributed by atoms with Gasteiger partial charge in [0.2, 0.25) is 0 Å². The minimum absolute atomic E-state index is 0.621. The zero-order chi connectivity index (χ0) is 13.0. The van der Waals surface area contributed by atoms with Crippen LogP contribution in [0.15, 0.2) is 30.7 Å². The van der Waals surface area contributed by atoms with Crippen molar-refractivity contribution in [3.63, 3.8) is 0 Å². The summed E-state index contributed by atoms with van der Waals surface area (Å²) in [4.78, 5) is 4.27. The summed E-state index contributed by atoms with van der Waals surface area (Å²) in [5, 5.41) is 8.21. The maximum Gasteiger partial charge on any atom is 0.153 e. The Labute approximate surface area is 112 Å². The second-order valence-electron chi connectivity index (χ2n) is 4.61. The molecule has 0 aliphatic rings. The molecule has 2 heterocycles. The molecule has 0 saturated carbocycles. The van der Waals surface area contributed by atoms with E-state index in [0.29, 0.717) is 10.9 Å². The maximum absolute atomic E-state index is 6.14. The van der Waals surface area contributed by atoms with Crippen molar-refractivity contribution in [3.05, 3.63) is 41.3 Å². The molecule has 0 fully saturated rings. The topological polar surface area (TPSA) is 42.7 Å². The lowest BCUT2D eigenvalue weighted by atomic mass is 10.2. The minimum Gasteiger partial charge on any atom is -0.312 e. The van der Waals surface area contributed by atoms with Crippen LogP contribution in [0, 0.1) is 5.92 Å². The van der Waals surface area contributed by atoms with Crippen LogP contribution >= 0.6 is 11.6 Å². The van der Waals surface area contributed by atoms with Crippen LogP contribution in [0.2, 0.25) is 5.02 Å². The summed E-state index contributed by atoms with van der Waals surface area (Å²) in [7, 11) is 0. The first-order valence-electron chi connectivity index (χ1n) is 6.02. The quantitative estimate of drug-likeness (QED) is 0.903. The van der Waals surface area contributed by atoms with Gasteiger partial charge in [0.15, 0.2) is 5.82 Å². The monoisotopic (exact) mass is 264 g/mol. The van der Waals surface area contributed by atoms with E-state index in [1.54, 1.807) is 17.1 Å². The van der Waals surface area contributed by atoms with Crippen LogP contribution in [0.4, 0.5) is 0 Å². The molecule has 0 radical (unpaired) electrons. The number of hydrogen-bond acceptors (Lipinski definition) is 3. The fraction of sp³-hybridized carbons (Fsp3) is 0.385. The van der Waals surface area contributed by atoms with E-state index >= 15 is 0 Å². The van der Waals surface area contributed by atoms with Crippen LogP contribution < -0.4 is 5.32 Å². The standard InChI is InChI=1S/C13H17ClN4/c1-10(2)7-15-8-11-6-13(16-9-12(11)14)18-5-3-4-17-18/h3-6,9-10,15H,7-8H2,1-2H3. The van der Waals surface area contributed by atoms with Crippen molar-refractivity contribution in [3.8, 4) is 5.82 Å². The molecule has 2 aromatic rings. The predicted octanol–water partition coefficient (Wildman–Crippen LogP) is 2.67. The van der Waals surface area contributed by atoms with Gasteiger partial charge in [-0.1, -0.05) is 25.4 Å². The molecule has 0 aromatic carbocycles. The van der Waals surface area contributed by atoms with E-state index < -0.39 is 0 Å². The highest BCUT2D eigenvalue weighted by Crippen LogP contribution is 2.17. The highest BCUT2D eigenvalue weighted by atomic mass is 35.5. The molecule has 2 rings (SSSR count). The van der Waals surface area contributed by atoms with Gasteiger partial charge < -0.3 is 5.32 Å². The number of halogens is 1. The van der Waals surface area contributed by atoms with Gasteiger partial charge in [-0.05, 0) is 30.2 Å². The largest absolute Gasteiger partial charge is 0.312 e. The lowest BCUT2D eigenvalue weighted by Gasteiger charge is -2.10. The van der Waals surface area contributed by atoms with Gasteiger partial charge in [0.1, 0.15) is 0 Å². The number of pyridine rings is 1. The normalized spacial score (nSPS) is 11.1. The molecule has 0 amide bonds. The molecule has 0 atom stereocenters. The van der Waals surface area contributed by atoms with E-state index in [4.69, 9.17) is 11.6 Å². The van der Waals surface area contributed by atoms with Crippen LogP contribution in [0.5, 0.6) is 0 Å². The van der Waals surface area contributed by atoms with Gasteiger partial charge >= 0.3 is 0 Å². The van der Waals surface area contributed by atoms with Crippen molar-refractivity contribution in [2.75, 3.05) is 6.54 Å². The predicted molar refractivity (Wildman–Crippen MR) is 72.9 cm³/mol. The third kappa shape index (κ3) is 3.31. The molecule has 4 nitrogen and oxygen atoms in total. The van der Waals surface area contributed by atoms with Gasteiger partial charge in [-0.3, -0.25) is 0 Å². The molecule has 0 unspecified atom stereocenters. The average Bonchev–Trinajstić information content (AvgIpc) is 2.84. The first-order valence-corrected chi connectivity index (χ1v) is 6.40. The van der Waals surface area contributed by atoms with E-state index in [2.05, 4.69) is 29.2 Å². The van der Waals surface area contributed by atoms with E-state index in [0.717, 1.165) is 24.5 Å². The number of hydrogen-bond donors (Lipinski definition) is 1. The van der Waals surface area contributed by atoms with Gasteiger partial charge in [0.05, 0.1) is 5.02 Å². The highest BCUT2D eigenvalue weighted by Gasteiger charge is 2.05. The van der Waals surface area contributed by atoms with Crippen molar-refractivity contribution in [1.82, 2.24) is 20.1 Å². The van der Waals surface area contributed by atoms with E-state index in [-0.39, 0.29) is 0 Å². The number of aromatic nitrogens is 3. The molecule has 1 N–H and O–H groups in total. The Morgan fingerprint density at radius 3 is 2.94 bits per heavy atom. The number of nitrogens with zero attached hydrogens (tertiary/aromatic N) is 3. The molecule has 0 spiro atoms. The summed E-state index contributed by atoms with van der Waals surface area (Å²) < 4.78 is 1.72. The molecule has 2 aromatic heterocycles. The Morgan fingerprint density at radius 1 is 1.44 bits per heavy atom. The molecular weight excluding hydrogens is 248 g/mol. The Kier molecular flexibility index (Phi) is 4.33. The Hall–Kier alpha value is -1.39. The van der Waals surface area contributed by atoms with Gasteiger partial charge in [-0.25, -0.2) is 9.67 Å². The fourth-order valence-electron chi connectivity index (χ4n) is 1.63. The lowest BCUT2D eigenvalue weighted by Crippen LogP contribution is -2.19. The molecule has 0 bridgehead atoms. The van der Waals surface area contributed by atoms with Crippen LogP contribution in [0.1, 0.15) is 19.4 Å². The third-order valence-electron chi connectivity index (χ3n) is 2.53. The summed E-state index contributed by atoms with van der Waals surface area (Å²) in [6.45, 7) is 6.07. The van der Waals surface area contributed by atoms with E-state index in [9.17, 15) is 0 Å². The van der Waals surface area contributed by atoms with Crippen LogP contribution in [0.3, 0.4) is 0 Å². The van der Waals surface area contributed by atoms with Gasteiger partial charge in [-0.15, -0.1) is 0 Å². The smallest absolute Gasteiger partial charge is 0.153 e. The molecule has 0 aliphatic carbocycles. The van der Waals surface area contributed by atoms with Crippen molar-refractivity contribution < 1.29 is 0 Å². The zero-order valence-corrected chi connectivity index (χ0v) is 11.4. The third-order valence-corrected chi connectivity index (χ3v) is 2.87. The summed E-state index contributed by atoms with van der Waals surface area (Å²) >= 11 is 6.14. The van der Waals surface area contributed by atoms with Crippen LogP contribution in [-0.4, -0.2) is 21.3 Å². The van der Waals surface area contributed by atoms with Crippen molar-refractivity contribution >= 4 is 11.6 Å². The highest BCUT2D eigenvalue weighted by molar-refractivity contribution is 6.31. The number of nitrogens with one attached hydrogen (secondary N) is 1. The summed E-state index contributed by atoms with van der Waals surface area (Å²) in [6.07, 6.45) is 5.26. The Bertz CT molecular complexity index is 494. The Morgan fingerprint density at radius 2 is 2.28 bits per heavy atom. The molecule has 5 heteroatoms. The maximum atomic E-state index is 6.14. The molecular formula is C13H17ClN4. The second-order valence-corrected chi connectivity index (χ2v) is 5.02. The number of rotatable bonds is 5. The second kappa shape index (κ2) is 5.98. The minimum atomic E-state index is 0.621. The van der Waals surface area contributed by atoms with E-state index in [1.807, 2.05) is 18.3 Å². The fourth-order valence-corrected chi connectivity index (χ4v) is 1.80. The average molecular weight is 265 g/mol. The summed E-state index contributed by atoms with van der Waals surface area (Å²) in [6, 6.07) is 3.83. The SMILES string of the molecule is CC(C)CNCc1cc(-n2cccn2)ncc1Cl. The first-order chi connectivity index (χ1) is 8.66. The van der Waals surface area contributed by atoms with Crippen molar-refractivity contribution in [2.45, 2.75) is 20.4 Å². The van der Waals surface area contributed by atoms with Crippen LogP contribution in [0.25, 0.3) is 5.82 Å². The van der Waals surface area contributed by atoms with Crippen molar-refractivity contribution in [1.29, 1.82) is 0 Å². The molecule has 0 aliphatic heterocycles. The lowest BCUT2D eigenvalue weighted by molar-refractivity contribution is 0.552.